The molecule has 0 unspecified atom stereocenters. The van der Waals surface area contributed by atoms with Crippen LogP contribution in [0.25, 0.3) is 11.5 Å². The van der Waals surface area contributed by atoms with Crippen molar-refractivity contribution in [1.29, 1.82) is 0 Å². The normalized spacial score (nSPS) is 13.8. The van der Waals surface area contributed by atoms with Crippen molar-refractivity contribution >= 4 is 17.4 Å². The first-order valence-electron chi connectivity index (χ1n) is 8.62. The maximum Gasteiger partial charge on any atom is 0.257 e. The molecule has 1 saturated heterocycles. The lowest BCUT2D eigenvalue weighted by Crippen LogP contribution is -2.19. The zero-order valence-electron chi connectivity index (χ0n) is 14.5. The van der Waals surface area contributed by atoms with Crippen LogP contribution in [-0.2, 0) is 0 Å². The quantitative estimate of drug-likeness (QED) is 0.778. The highest BCUT2D eigenvalue weighted by Gasteiger charge is 2.14. The Morgan fingerprint density at radius 1 is 1.12 bits per heavy atom. The van der Waals surface area contributed by atoms with E-state index >= 15 is 0 Å². The second-order valence-electron chi connectivity index (χ2n) is 6.28. The zero-order valence-corrected chi connectivity index (χ0v) is 14.5. The molecule has 0 aliphatic carbocycles. The van der Waals surface area contributed by atoms with E-state index in [2.05, 4.69) is 25.3 Å². The highest BCUT2D eigenvalue weighted by molar-refractivity contribution is 6.04. The van der Waals surface area contributed by atoms with E-state index < -0.39 is 0 Å². The number of nitrogens with zero attached hydrogens (tertiary/aromatic N) is 4. The van der Waals surface area contributed by atoms with E-state index in [1.54, 1.807) is 37.4 Å². The second-order valence-corrected chi connectivity index (χ2v) is 6.28. The maximum absolute atomic E-state index is 12.4. The van der Waals surface area contributed by atoms with Crippen LogP contribution < -0.4 is 10.2 Å². The van der Waals surface area contributed by atoms with Crippen LogP contribution in [0.15, 0.2) is 47.1 Å². The van der Waals surface area contributed by atoms with E-state index in [0.29, 0.717) is 23.0 Å². The molecule has 1 fully saturated rings. The van der Waals surface area contributed by atoms with Crippen LogP contribution in [0.4, 0.5) is 11.5 Å². The third-order valence-corrected chi connectivity index (χ3v) is 4.36. The van der Waals surface area contributed by atoms with Crippen LogP contribution in [0.2, 0.25) is 0 Å². The Morgan fingerprint density at radius 3 is 2.50 bits per heavy atom. The third kappa shape index (κ3) is 3.42. The molecule has 0 atom stereocenters. The van der Waals surface area contributed by atoms with Crippen LogP contribution in [-0.4, -0.2) is 34.1 Å². The van der Waals surface area contributed by atoms with Gasteiger partial charge in [0.2, 0.25) is 0 Å². The highest BCUT2D eigenvalue weighted by Crippen LogP contribution is 2.20. The summed E-state index contributed by atoms with van der Waals surface area (Å²) in [5.41, 5.74) is 2.00. The van der Waals surface area contributed by atoms with E-state index in [-0.39, 0.29) is 5.91 Å². The lowest BCUT2D eigenvalue weighted by Gasteiger charge is -2.16. The van der Waals surface area contributed by atoms with Crippen molar-refractivity contribution in [2.75, 3.05) is 23.3 Å². The van der Waals surface area contributed by atoms with Crippen LogP contribution in [0.1, 0.15) is 29.0 Å². The average molecular weight is 349 g/mol. The van der Waals surface area contributed by atoms with Gasteiger partial charge in [-0.15, -0.1) is 0 Å². The predicted octanol–water partition coefficient (Wildman–Crippen LogP) is 3.29. The van der Waals surface area contributed by atoms with Gasteiger partial charge in [-0.1, -0.05) is 5.16 Å². The molecule has 0 bridgehead atoms. The summed E-state index contributed by atoms with van der Waals surface area (Å²) < 4.78 is 5.13. The first-order chi connectivity index (χ1) is 12.7. The molecule has 1 aromatic carbocycles. The topological polar surface area (TPSA) is 84.2 Å². The van der Waals surface area contributed by atoms with Gasteiger partial charge in [-0.2, -0.15) is 4.98 Å². The van der Waals surface area contributed by atoms with E-state index in [1.807, 2.05) is 12.1 Å². The molecule has 132 valence electrons. The van der Waals surface area contributed by atoms with Crippen LogP contribution in [0.5, 0.6) is 0 Å². The number of aryl methyl sites for hydroxylation is 1. The number of nitrogens with one attached hydrogen (secondary N) is 1. The Bertz CT molecular complexity index is 896. The van der Waals surface area contributed by atoms with E-state index in [0.717, 1.165) is 24.5 Å². The van der Waals surface area contributed by atoms with Crippen molar-refractivity contribution in [2.24, 2.45) is 0 Å². The maximum atomic E-state index is 12.4. The number of carbonyl (C=O) groups is 1. The van der Waals surface area contributed by atoms with Crippen molar-refractivity contribution < 1.29 is 9.32 Å². The SMILES string of the molecule is Cc1noc(-c2ccc(C(=O)Nc3ccc(N4CCCC4)nc3)cc2)n1. The number of amides is 1. The van der Waals surface area contributed by atoms with Crippen molar-refractivity contribution in [3.8, 4) is 11.5 Å². The summed E-state index contributed by atoms with van der Waals surface area (Å²) in [6, 6.07) is 10.9. The van der Waals surface area contributed by atoms with Gasteiger partial charge in [0.05, 0.1) is 11.9 Å². The number of carbonyl (C=O) groups excluding carboxylic acids is 1. The summed E-state index contributed by atoms with van der Waals surface area (Å²) in [5.74, 6) is 1.79. The largest absolute Gasteiger partial charge is 0.357 e. The van der Waals surface area contributed by atoms with Crippen molar-refractivity contribution in [3.63, 3.8) is 0 Å². The van der Waals surface area contributed by atoms with Crippen molar-refractivity contribution in [2.45, 2.75) is 19.8 Å². The molecule has 7 heteroatoms. The van der Waals surface area contributed by atoms with Crippen LogP contribution in [0.3, 0.4) is 0 Å². The molecule has 26 heavy (non-hydrogen) atoms. The molecule has 1 aliphatic rings. The molecule has 4 rings (SSSR count). The molecule has 0 radical (unpaired) electrons. The summed E-state index contributed by atoms with van der Waals surface area (Å²) in [4.78, 5) is 23.3. The molecule has 3 heterocycles. The predicted molar refractivity (Wildman–Crippen MR) is 98.1 cm³/mol. The minimum absolute atomic E-state index is 0.186. The molecule has 1 amide bonds. The van der Waals surface area contributed by atoms with Gasteiger partial charge in [-0.05, 0) is 56.2 Å². The Labute approximate surface area is 151 Å². The van der Waals surface area contributed by atoms with Crippen LogP contribution in [0, 0.1) is 6.92 Å². The van der Waals surface area contributed by atoms with E-state index in [9.17, 15) is 4.79 Å². The lowest BCUT2D eigenvalue weighted by atomic mass is 10.1. The molecule has 1 N–H and O–H groups in total. The summed E-state index contributed by atoms with van der Waals surface area (Å²) >= 11 is 0. The first kappa shape index (κ1) is 16.3. The molecular formula is C19H19N5O2. The summed E-state index contributed by atoms with van der Waals surface area (Å²) in [7, 11) is 0. The first-order valence-corrected chi connectivity index (χ1v) is 8.62. The minimum Gasteiger partial charge on any atom is -0.357 e. The lowest BCUT2D eigenvalue weighted by molar-refractivity contribution is 0.102. The van der Waals surface area contributed by atoms with Gasteiger partial charge in [-0.3, -0.25) is 4.79 Å². The van der Waals surface area contributed by atoms with Gasteiger partial charge in [0.15, 0.2) is 5.82 Å². The molecular weight excluding hydrogens is 330 g/mol. The number of hydrogen-bond acceptors (Lipinski definition) is 6. The molecule has 0 saturated carbocycles. The summed E-state index contributed by atoms with van der Waals surface area (Å²) in [6.07, 6.45) is 4.11. The Hall–Kier alpha value is -3.22. The van der Waals surface area contributed by atoms with Gasteiger partial charge >= 0.3 is 0 Å². The van der Waals surface area contributed by atoms with Crippen LogP contribution >= 0.6 is 0 Å². The van der Waals surface area contributed by atoms with Crippen molar-refractivity contribution in [3.05, 3.63) is 54.0 Å². The van der Waals surface area contributed by atoms with Gasteiger partial charge in [0.25, 0.3) is 11.8 Å². The number of hydrogen-bond donors (Lipinski definition) is 1. The summed E-state index contributed by atoms with van der Waals surface area (Å²) in [5, 5.41) is 6.63. The average Bonchev–Trinajstić information content (AvgIpc) is 3.34. The molecule has 0 spiro atoms. The highest BCUT2D eigenvalue weighted by atomic mass is 16.5. The van der Waals surface area contributed by atoms with E-state index in [1.165, 1.54) is 12.8 Å². The molecule has 1 aliphatic heterocycles. The molecule has 3 aromatic rings. The fourth-order valence-corrected chi connectivity index (χ4v) is 2.98. The number of aromatic nitrogens is 3. The van der Waals surface area contributed by atoms with Crippen molar-refractivity contribution in [1.82, 2.24) is 15.1 Å². The number of rotatable bonds is 4. The van der Waals surface area contributed by atoms with Gasteiger partial charge in [0, 0.05) is 24.2 Å². The Balaban J connectivity index is 1.42. The second kappa shape index (κ2) is 6.95. The Kier molecular flexibility index (Phi) is 4.35. The zero-order chi connectivity index (χ0) is 17.9. The van der Waals surface area contributed by atoms with E-state index in [4.69, 9.17) is 4.52 Å². The smallest absolute Gasteiger partial charge is 0.257 e. The van der Waals surface area contributed by atoms with Gasteiger partial charge in [-0.25, -0.2) is 4.98 Å². The number of anilines is 2. The standard InChI is InChI=1S/C19H19N5O2/c1-13-21-19(26-23-13)15-6-4-14(5-7-15)18(25)22-16-8-9-17(20-12-16)24-10-2-3-11-24/h4-9,12H,2-3,10-11H2,1H3,(H,22,25). The van der Waals surface area contributed by atoms with Gasteiger partial charge in [0.1, 0.15) is 5.82 Å². The molecule has 7 nitrogen and oxygen atoms in total. The fourth-order valence-electron chi connectivity index (χ4n) is 2.98. The minimum atomic E-state index is -0.186. The fraction of sp³-hybridized carbons (Fsp3) is 0.263. The molecule has 2 aromatic heterocycles. The summed E-state index contributed by atoms with van der Waals surface area (Å²) in [6.45, 7) is 3.85. The Morgan fingerprint density at radius 2 is 1.88 bits per heavy atom. The third-order valence-electron chi connectivity index (χ3n) is 4.36. The van der Waals surface area contributed by atoms with Gasteiger partial charge < -0.3 is 14.7 Å². The number of benzene rings is 1. The monoisotopic (exact) mass is 349 g/mol. The number of pyridine rings is 1.